The van der Waals surface area contributed by atoms with Gasteiger partial charge in [-0.05, 0) is 37.8 Å². The standard InChI is InChI=1S/C21H21FN4O5S2/c1-12-9-17(25-31-12)24-19(28)13(2)32-11-18(27)23-7-8-26-20(29)16(33-21(26)30)10-14-5-3-4-6-15(14)22/h3-6,9-10,13H,7-8,11H2,1-2H3,(H,23,27)(H,24,25,28)/b16-10-. The zero-order chi connectivity index (χ0) is 24.0. The maximum Gasteiger partial charge on any atom is 0.293 e. The fourth-order valence-corrected chi connectivity index (χ4v) is 4.28. The van der Waals surface area contributed by atoms with Crippen LogP contribution >= 0.6 is 23.5 Å². The number of rotatable bonds is 9. The number of carbonyl (C=O) groups excluding carboxylic acids is 4. The molecule has 1 aliphatic rings. The van der Waals surface area contributed by atoms with Crippen LogP contribution in [0.1, 0.15) is 18.2 Å². The van der Waals surface area contributed by atoms with Crippen molar-refractivity contribution in [3.8, 4) is 0 Å². The smallest absolute Gasteiger partial charge is 0.293 e. The SMILES string of the molecule is Cc1cc(NC(=O)C(C)SCC(=O)NCCN2C(=O)S/C(=C\c3ccccc3F)C2=O)no1. The molecule has 12 heteroatoms. The molecule has 3 rings (SSSR count). The highest BCUT2D eigenvalue weighted by Gasteiger charge is 2.34. The van der Waals surface area contributed by atoms with E-state index in [9.17, 15) is 23.6 Å². The number of imide groups is 1. The molecule has 174 valence electrons. The topological polar surface area (TPSA) is 122 Å². The fraction of sp³-hybridized carbons (Fsp3) is 0.286. The molecule has 1 unspecified atom stereocenters. The number of nitrogens with zero attached hydrogens (tertiary/aromatic N) is 2. The predicted octanol–water partition coefficient (Wildman–Crippen LogP) is 3.04. The molecule has 2 aromatic rings. The zero-order valence-electron chi connectivity index (χ0n) is 17.8. The molecule has 1 aromatic heterocycles. The lowest BCUT2D eigenvalue weighted by molar-refractivity contribution is -0.123. The number of nitrogens with one attached hydrogen (secondary N) is 2. The molecule has 0 radical (unpaired) electrons. The summed E-state index contributed by atoms with van der Waals surface area (Å²) in [5.41, 5.74) is 0.213. The zero-order valence-corrected chi connectivity index (χ0v) is 19.4. The van der Waals surface area contributed by atoms with E-state index in [1.54, 1.807) is 26.0 Å². The molecule has 0 aliphatic carbocycles. The Morgan fingerprint density at radius 3 is 2.79 bits per heavy atom. The lowest BCUT2D eigenvalue weighted by Gasteiger charge is -2.14. The minimum absolute atomic E-state index is 0.0154. The fourth-order valence-electron chi connectivity index (χ4n) is 2.71. The quantitative estimate of drug-likeness (QED) is 0.513. The van der Waals surface area contributed by atoms with Gasteiger partial charge in [0.15, 0.2) is 5.82 Å². The second kappa shape index (κ2) is 11.1. The van der Waals surface area contributed by atoms with Gasteiger partial charge in [-0.15, -0.1) is 11.8 Å². The highest BCUT2D eigenvalue weighted by atomic mass is 32.2. The molecule has 1 saturated heterocycles. The van der Waals surface area contributed by atoms with Gasteiger partial charge in [-0.1, -0.05) is 23.4 Å². The van der Waals surface area contributed by atoms with Gasteiger partial charge in [0.2, 0.25) is 11.8 Å². The van der Waals surface area contributed by atoms with Crippen LogP contribution in [-0.4, -0.2) is 57.1 Å². The molecule has 4 amide bonds. The number of aryl methyl sites for hydroxylation is 1. The molecule has 0 saturated carbocycles. The lowest BCUT2D eigenvalue weighted by atomic mass is 10.2. The van der Waals surface area contributed by atoms with Crippen LogP contribution in [0.15, 0.2) is 39.8 Å². The van der Waals surface area contributed by atoms with Crippen molar-refractivity contribution in [3.05, 3.63) is 52.4 Å². The minimum Gasteiger partial charge on any atom is -0.360 e. The molecule has 0 bridgehead atoms. The number of carbonyl (C=O) groups is 4. The summed E-state index contributed by atoms with van der Waals surface area (Å²) < 4.78 is 18.7. The first-order valence-corrected chi connectivity index (χ1v) is 11.7. The third-order valence-electron chi connectivity index (χ3n) is 4.44. The maximum atomic E-state index is 13.8. The van der Waals surface area contributed by atoms with Gasteiger partial charge in [0.05, 0.1) is 15.9 Å². The Hall–Kier alpha value is -3.12. The second-order valence-electron chi connectivity index (χ2n) is 6.97. The molecule has 1 aromatic carbocycles. The number of halogens is 1. The van der Waals surface area contributed by atoms with E-state index in [1.807, 2.05) is 0 Å². The lowest BCUT2D eigenvalue weighted by Crippen LogP contribution is -2.38. The Morgan fingerprint density at radius 2 is 2.09 bits per heavy atom. The van der Waals surface area contributed by atoms with Crippen molar-refractivity contribution in [1.29, 1.82) is 0 Å². The monoisotopic (exact) mass is 492 g/mol. The highest BCUT2D eigenvalue weighted by molar-refractivity contribution is 8.18. The van der Waals surface area contributed by atoms with Crippen molar-refractivity contribution in [2.45, 2.75) is 19.1 Å². The van der Waals surface area contributed by atoms with Gasteiger partial charge in [0, 0.05) is 24.7 Å². The summed E-state index contributed by atoms with van der Waals surface area (Å²) in [5, 5.41) is 7.88. The van der Waals surface area contributed by atoms with Crippen molar-refractivity contribution in [3.63, 3.8) is 0 Å². The first-order chi connectivity index (χ1) is 15.7. The summed E-state index contributed by atoms with van der Waals surface area (Å²) >= 11 is 1.85. The van der Waals surface area contributed by atoms with E-state index in [2.05, 4.69) is 15.8 Å². The summed E-state index contributed by atoms with van der Waals surface area (Å²) in [6, 6.07) is 7.52. The molecule has 2 N–H and O–H groups in total. The molecule has 0 spiro atoms. The largest absolute Gasteiger partial charge is 0.360 e. The van der Waals surface area contributed by atoms with Gasteiger partial charge in [-0.2, -0.15) is 0 Å². The Morgan fingerprint density at radius 1 is 1.33 bits per heavy atom. The average molecular weight is 493 g/mol. The first kappa shape index (κ1) is 24.5. The van der Waals surface area contributed by atoms with Gasteiger partial charge >= 0.3 is 0 Å². The van der Waals surface area contributed by atoms with E-state index in [1.165, 1.54) is 24.3 Å². The number of aromatic nitrogens is 1. The van der Waals surface area contributed by atoms with Crippen molar-refractivity contribution in [2.75, 3.05) is 24.2 Å². The Bertz CT molecular complexity index is 1100. The summed E-state index contributed by atoms with van der Waals surface area (Å²) in [5.74, 6) is -0.810. The van der Waals surface area contributed by atoms with Crippen molar-refractivity contribution in [1.82, 2.24) is 15.4 Å². The van der Waals surface area contributed by atoms with Crippen LogP contribution in [0.25, 0.3) is 6.08 Å². The summed E-state index contributed by atoms with van der Waals surface area (Å²) in [6.45, 7) is 3.40. The number of benzene rings is 1. The summed E-state index contributed by atoms with van der Waals surface area (Å²) in [4.78, 5) is 49.9. The molecule has 9 nitrogen and oxygen atoms in total. The van der Waals surface area contributed by atoms with Crippen LogP contribution in [0.4, 0.5) is 15.0 Å². The Kier molecular flexibility index (Phi) is 8.28. The molecule has 2 heterocycles. The Balaban J connectivity index is 1.42. The summed E-state index contributed by atoms with van der Waals surface area (Å²) in [6.07, 6.45) is 1.34. The van der Waals surface area contributed by atoms with Gasteiger partial charge in [0.1, 0.15) is 11.6 Å². The predicted molar refractivity (Wildman–Crippen MR) is 124 cm³/mol. The van der Waals surface area contributed by atoms with Crippen molar-refractivity contribution >= 4 is 58.4 Å². The third kappa shape index (κ3) is 6.68. The van der Waals surface area contributed by atoms with Gasteiger partial charge in [0.25, 0.3) is 11.1 Å². The molecule has 1 fully saturated rings. The molecule has 1 aliphatic heterocycles. The van der Waals surface area contributed by atoms with E-state index >= 15 is 0 Å². The van der Waals surface area contributed by atoms with E-state index in [0.717, 1.165) is 28.4 Å². The maximum absolute atomic E-state index is 13.8. The van der Waals surface area contributed by atoms with Crippen molar-refractivity contribution < 1.29 is 28.1 Å². The van der Waals surface area contributed by atoms with Crippen LogP contribution in [0, 0.1) is 12.7 Å². The third-order valence-corrected chi connectivity index (χ3v) is 6.49. The molecule has 1 atom stereocenters. The van der Waals surface area contributed by atoms with Crippen LogP contribution in [-0.2, 0) is 14.4 Å². The number of thioether (sulfide) groups is 2. The van der Waals surface area contributed by atoms with Gasteiger partial charge in [-0.25, -0.2) is 4.39 Å². The summed E-state index contributed by atoms with van der Waals surface area (Å²) in [7, 11) is 0. The second-order valence-corrected chi connectivity index (χ2v) is 9.29. The molecule has 33 heavy (non-hydrogen) atoms. The van der Waals surface area contributed by atoms with E-state index < -0.39 is 22.2 Å². The van der Waals surface area contributed by atoms with Crippen LogP contribution in [0.3, 0.4) is 0 Å². The molecular weight excluding hydrogens is 471 g/mol. The minimum atomic E-state index is -0.537. The van der Waals surface area contributed by atoms with E-state index in [0.29, 0.717) is 11.6 Å². The first-order valence-electron chi connectivity index (χ1n) is 9.87. The van der Waals surface area contributed by atoms with Gasteiger partial charge in [-0.3, -0.25) is 24.1 Å². The van der Waals surface area contributed by atoms with Crippen molar-refractivity contribution in [2.24, 2.45) is 0 Å². The van der Waals surface area contributed by atoms with Gasteiger partial charge < -0.3 is 15.2 Å². The average Bonchev–Trinajstić information content (AvgIpc) is 3.30. The number of amides is 4. The van der Waals surface area contributed by atoms with E-state index in [-0.39, 0.29) is 41.1 Å². The Labute approximate surface area is 197 Å². The number of hydrogen-bond acceptors (Lipinski definition) is 8. The number of hydrogen-bond donors (Lipinski definition) is 2. The van der Waals surface area contributed by atoms with Crippen LogP contribution in [0.5, 0.6) is 0 Å². The highest BCUT2D eigenvalue weighted by Crippen LogP contribution is 2.32. The normalized spacial score (nSPS) is 15.7. The molecular formula is C21H21FN4O5S2. The van der Waals surface area contributed by atoms with Crippen LogP contribution < -0.4 is 10.6 Å². The van der Waals surface area contributed by atoms with E-state index in [4.69, 9.17) is 4.52 Å². The van der Waals surface area contributed by atoms with Crippen LogP contribution in [0.2, 0.25) is 0 Å². The number of anilines is 1.